The van der Waals surface area contributed by atoms with E-state index in [-0.39, 0.29) is 5.91 Å². The molecule has 0 saturated heterocycles. The van der Waals surface area contributed by atoms with E-state index in [0.717, 1.165) is 33.0 Å². The summed E-state index contributed by atoms with van der Waals surface area (Å²) in [7, 11) is 1.69. The van der Waals surface area contributed by atoms with Gasteiger partial charge in [0.1, 0.15) is 5.75 Å². The fourth-order valence-corrected chi connectivity index (χ4v) is 3.69. The van der Waals surface area contributed by atoms with Gasteiger partial charge in [-0.3, -0.25) is 4.79 Å². The number of aryl methyl sites for hydroxylation is 1. The lowest BCUT2D eigenvalue weighted by molar-refractivity contribution is -0.112. The van der Waals surface area contributed by atoms with Gasteiger partial charge in [-0.25, -0.2) is 0 Å². The number of carbonyl (C=O) groups excluding carboxylic acids is 1. The zero-order valence-electron chi connectivity index (χ0n) is 14.3. The Morgan fingerprint density at radius 1 is 1.21 bits per heavy atom. The number of nitrogens with one attached hydrogen (secondary N) is 1. The van der Waals surface area contributed by atoms with E-state index in [0.29, 0.717) is 10.8 Å². The van der Waals surface area contributed by atoms with Gasteiger partial charge in [0, 0.05) is 4.90 Å². The highest BCUT2D eigenvalue weighted by atomic mass is 32.2. The van der Waals surface area contributed by atoms with E-state index < -0.39 is 0 Å². The van der Waals surface area contributed by atoms with Crippen LogP contribution in [-0.2, 0) is 4.79 Å². The quantitative estimate of drug-likeness (QED) is 0.780. The maximum atomic E-state index is 12.4. The van der Waals surface area contributed by atoms with Gasteiger partial charge in [-0.15, -0.1) is 0 Å². The van der Waals surface area contributed by atoms with E-state index >= 15 is 0 Å². The molecule has 0 fully saturated rings. The molecule has 0 bridgehead atoms. The molecule has 1 aliphatic rings. The molecule has 0 atom stereocenters. The molecule has 124 valence electrons. The highest BCUT2D eigenvalue weighted by Crippen LogP contribution is 2.39. The summed E-state index contributed by atoms with van der Waals surface area (Å²) in [6.07, 6.45) is 1.97. The fourth-order valence-electron chi connectivity index (χ4n) is 2.74. The summed E-state index contributed by atoms with van der Waals surface area (Å²) < 4.78 is 5.49. The lowest BCUT2D eigenvalue weighted by Gasteiger charge is -2.19. The van der Waals surface area contributed by atoms with Crippen molar-refractivity contribution in [3.63, 3.8) is 0 Å². The third-order valence-electron chi connectivity index (χ3n) is 4.11. The molecular formula is C20H21NO2S. The molecule has 0 aliphatic carbocycles. The number of ether oxygens (including phenoxy) is 1. The molecule has 0 saturated carbocycles. The highest BCUT2D eigenvalue weighted by Gasteiger charge is 2.21. The number of benzene rings is 2. The van der Waals surface area contributed by atoms with Crippen LogP contribution >= 0.6 is 11.8 Å². The molecule has 3 rings (SSSR count). The molecule has 4 heteroatoms. The zero-order chi connectivity index (χ0) is 17.3. The number of para-hydroxylation sites is 1. The number of anilines is 1. The van der Waals surface area contributed by atoms with Gasteiger partial charge in [0.25, 0.3) is 5.91 Å². The Hall–Kier alpha value is -2.20. The number of amides is 1. The van der Waals surface area contributed by atoms with Crippen molar-refractivity contribution in [1.29, 1.82) is 0 Å². The Labute approximate surface area is 147 Å². The predicted octanol–water partition coefficient (Wildman–Crippen LogP) is 5.21. The molecule has 1 N–H and O–H groups in total. The lowest BCUT2D eigenvalue weighted by atomic mass is 9.96. The highest BCUT2D eigenvalue weighted by molar-refractivity contribution is 8.04. The van der Waals surface area contributed by atoms with Crippen molar-refractivity contribution in [1.82, 2.24) is 0 Å². The van der Waals surface area contributed by atoms with Crippen LogP contribution in [0.5, 0.6) is 5.75 Å². The van der Waals surface area contributed by atoms with Gasteiger partial charge in [-0.1, -0.05) is 37.7 Å². The third kappa shape index (κ3) is 3.20. The number of carbonyl (C=O) groups is 1. The van der Waals surface area contributed by atoms with E-state index in [1.54, 1.807) is 7.11 Å². The Kier molecular flexibility index (Phi) is 4.67. The second-order valence-electron chi connectivity index (χ2n) is 6.17. The Balaban J connectivity index is 2.02. The second kappa shape index (κ2) is 6.73. The SMILES string of the molecule is COc1cc(C)c(/C=C2\Sc3ccccc3NC2=O)cc1C(C)C. The lowest BCUT2D eigenvalue weighted by Crippen LogP contribution is -2.17. The molecule has 1 heterocycles. The van der Waals surface area contributed by atoms with Crippen molar-refractivity contribution in [2.75, 3.05) is 12.4 Å². The molecule has 0 radical (unpaired) electrons. The Morgan fingerprint density at radius 2 is 1.96 bits per heavy atom. The third-order valence-corrected chi connectivity index (χ3v) is 5.21. The largest absolute Gasteiger partial charge is 0.496 e. The molecule has 0 unspecified atom stereocenters. The monoisotopic (exact) mass is 339 g/mol. The molecule has 0 aromatic heterocycles. The van der Waals surface area contributed by atoms with Crippen molar-refractivity contribution in [2.45, 2.75) is 31.6 Å². The Morgan fingerprint density at radius 3 is 2.67 bits per heavy atom. The molecule has 0 spiro atoms. The van der Waals surface area contributed by atoms with Crippen LogP contribution in [0.4, 0.5) is 5.69 Å². The second-order valence-corrected chi connectivity index (χ2v) is 7.25. The summed E-state index contributed by atoms with van der Waals surface area (Å²) in [4.78, 5) is 14.2. The van der Waals surface area contributed by atoms with Gasteiger partial charge in [-0.2, -0.15) is 0 Å². The molecule has 1 aliphatic heterocycles. The average molecular weight is 339 g/mol. The van der Waals surface area contributed by atoms with Gasteiger partial charge in [0.2, 0.25) is 0 Å². The summed E-state index contributed by atoms with van der Waals surface area (Å²) in [5.74, 6) is 1.20. The van der Waals surface area contributed by atoms with Crippen LogP contribution in [0, 0.1) is 6.92 Å². The summed E-state index contributed by atoms with van der Waals surface area (Å²) in [6, 6.07) is 12.0. The van der Waals surface area contributed by atoms with Crippen LogP contribution in [0.2, 0.25) is 0 Å². The number of methoxy groups -OCH3 is 1. The standard InChI is InChI=1S/C20H21NO2S/c1-12(2)15-10-14(13(3)9-17(15)23-4)11-19-20(22)21-16-7-5-6-8-18(16)24-19/h5-12H,1-4H3,(H,21,22)/b19-11-. The van der Waals surface area contributed by atoms with Crippen molar-refractivity contribution in [2.24, 2.45) is 0 Å². The topological polar surface area (TPSA) is 38.3 Å². The van der Waals surface area contributed by atoms with Gasteiger partial charge in [-0.05, 0) is 59.9 Å². The van der Waals surface area contributed by atoms with Crippen molar-refractivity contribution >= 4 is 29.4 Å². The van der Waals surface area contributed by atoms with Gasteiger partial charge in [0.15, 0.2) is 0 Å². The number of rotatable bonds is 3. The zero-order valence-corrected chi connectivity index (χ0v) is 15.2. The number of hydrogen-bond acceptors (Lipinski definition) is 3. The smallest absolute Gasteiger partial charge is 0.262 e. The van der Waals surface area contributed by atoms with E-state index in [1.165, 1.54) is 11.8 Å². The number of hydrogen-bond donors (Lipinski definition) is 1. The van der Waals surface area contributed by atoms with Gasteiger partial charge >= 0.3 is 0 Å². The first-order valence-corrected chi connectivity index (χ1v) is 8.79. The molecule has 1 amide bonds. The van der Waals surface area contributed by atoms with Crippen LogP contribution in [-0.4, -0.2) is 13.0 Å². The first-order chi connectivity index (χ1) is 11.5. The van der Waals surface area contributed by atoms with E-state index in [2.05, 4.69) is 25.2 Å². The van der Waals surface area contributed by atoms with Gasteiger partial charge in [0.05, 0.1) is 17.7 Å². The summed E-state index contributed by atoms with van der Waals surface area (Å²) in [5, 5.41) is 2.96. The summed E-state index contributed by atoms with van der Waals surface area (Å²) >= 11 is 1.51. The van der Waals surface area contributed by atoms with Crippen molar-refractivity contribution in [3.8, 4) is 5.75 Å². The van der Waals surface area contributed by atoms with Crippen LogP contribution < -0.4 is 10.1 Å². The van der Waals surface area contributed by atoms with Crippen LogP contribution in [0.3, 0.4) is 0 Å². The Bertz CT molecular complexity index is 824. The van der Waals surface area contributed by atoms with Crippen LogP contribution in [0.1, 0.15) is 36.5 Å². The summed E-state index contributed by atoms with van der Waals surface area (Å²) in [5.41, 5.74) is 4.17. The average Bonchev–Trinajstić information content (AvgIpc) is 2.56. The predicted molar refractivity (Wildman–Crippen MR) is 101 cm³/mol. The van der Waals surface area contributed by atoms with Gasteiger partial charge < -0.3 is 10.1 Å². The molecule has 24 heavy (non-hydrogen) atoms. The van der Waals surface area contributed by atoms with E-state index in [4.69, 9.17) is 4.74 Å². The van der Waals surface area contributed by atoms with Crippen molar-refractivity contribution < 1.29 is 9.53 Å². The van der Waals surface area contributed by atoms with E-state index in [9.17, 15) is 4.79 Å². The molecular weight excluding hydrogens is 318 g/mol. The minimum atomic E-state index is -0.0555. The minimum absolute atomic E-state index is 0.0555. The minimum Gasteiger partial charge on any atom is -0.496 e. The molecule has 2 aromatic carbocycles. The maximum Gasteiger partial charge on any atom is 0.262 e. The van der Waals surface area contributed by atoms with Crippen molar-refractivity contribution in [3.05, 3.63) is 58.0 Å². The first-order valence-electron chi connectivity index (χ1n) is 7.98. The van der Waals surface area contributed by atoms with Crippen LogP contribution in [0.25, 0.3) is 6.08 Å². The fraction of sp³-hybridized carbons (Fsp3) is 0.250. The summed E-state index contributed by atoms with van der Waals surface area (Å²) in [6.45, 7) is 6.32. The molecule has 2 aromatic rings. The normalized spacial score (nSPS) is 15.4. The first kappa shape index (κ1) is 16.7. The maximum absolute atomic E-state index is 12.4. The number of thioether (sulfide) groups is 1. The molecule has 3 nitrogen and oxygen atoms in total. The van der Waals surface area contributed by atoms with Crippen LogP contribution in [0.15, 0.2) is 46.2 Å². The van der Waals surface area contributed by atoms with E-state index in [1.807, 2.05) is 43.3 Å². The number of fused-ring (bicyclic) bond motifs is 1.